The largest absolute Gasteiger partial charge is 0.494 e. The van der Waals surface area contributed by atoms with E-state index in [0.29, 0.717) is 19.1 Å². The van der Waals surface area contributed by atoms with Crippen molar-refractivity contribution in [2.24, 2.45) is 0 Å². The van der Waals surface area contributed by atoms with Crippen LogP contribution >= 0.6 is 0 Å². The van der Waals surface area contributed by atoms with E-state index in [0.717, 1.165) is 30.7 Å². The molecule has 2 aromatic rings. The quantitative estimate of drug-likeness (QED) is 0.801. The Morgan fingerprint density at radius 1 is 1.30 bits per heavy atom. The van der Waals surface area contributed by atoms with Crippen molar-refractivity contribution in [2.45, 2.75) is 39.8 Å². The van der Waals surface area contributed by atoms with Crippen LogP contribution in [0.15, 0.2) is 24.3 Å². The average Bonchev–Trinajstić information content (AvgIpc) is 2.91. The Morgan fingerprint density at radius 2 is 2.20 bits per heavy atom. The molecule has 1 aromatic carbocycles. The fraction of sp³-hybridized carbons (Fsp3) is 0.500. The van der Waals surface area contributed by atoms with Crippen LogP contribution in [0, 0.1) is 0 Å². The summed E-state index contributed by atoms with van der Waals surface area (Å²) in [5.41, 5.74) is 1.14. The van der Waals surface area contributed by atoms with E-state index in [1.54, 1.807) is 4.68 Å². The third-order valence-electron chi connectivity index (χ3n) is 2.92. The third-order valence-corrected chi connectivity index (χ3v) is 2.92. The summed E-state index contributed by atoms with van der Waals surface area (Å²) >= 11 is 0. The lowest BCUT2D eigenvalue weighted by atomic mass is 10.2. The van der Waals surface area contributed by atoms with Crippen LogP contribution in [0.3, 0.4) is 0 Å². The fourth-order valence-corrected chi connectivity index (χ4v) is 1.88. The summed E-state index contributed by atoms with van der Waals surface area (Å²) in [5, 5.41) is 15.0. The first-order valence-corrected chi connectivity index (χ1v) is 7.05. The van der Waals surface area contributed by atoms with E-state index < -0.39 is 0 Å². The number of nitrogens with one attached hydrogen (secondary N) is 1. The molecule has 1 aromatic heterocycles. The first-order chi connectivity index (χ1) is 9.83. The van der Waals surface area contributed by atoms with Gasteiger partial charge in [0.25, 0.3) is 0 Å². The van der Waals surface area contributed by atoms with Crippen molar-refractivity contribution in [3.63, 3.8) is 0 Å². The smallest absolute Gasteiger partial charge is 0.243 e. The Hall–Kier alpha value is -2.11. The van der Waals surface area contributed by atoms with Gasteiger partial charge in [-0.1, -0.05) is 30.6 Å². The predicted octanol–water partition coefficient (Wildman–Crippen LogP) is 2.48. The molecule has 6 nitrogen and oxygen atoms in total. The number of unbranched alkanes of at least 4 members (excludes halogenated alkanes) is 1. The number of ether oxygens (including phenoxy) is 1. The summed E-state index contributed by atoms with van der Waals surface area (Å²) < 4.78 is 7.29. The van der Waals surface area contributed by atoms with E-state index in [1.165, 1.54) is 0 Å². The van der Waals surface area contributed by atoms with Crippen molar-refractivity contribution in [2.75, 3.05) is 11.9 Å². The second-order valence-electron chi connectivity index (χ2n) is 4.51. The Bertz CT molecular complexity index is 526. The molecule has 0 aliphatic rings. The first-order valence-electron chi connectivity index (χ1n) is 7.05. The zero-order valence-electron chi connectivity index (χ0n) is 12.0. The second-order valence-corrected chi connectivity index (χ2v) is 4.51. The van der Waals surface area contributed by atoms with Gasteiger partial charge in [0.15, 0.2) is 0 Å². The topological polar surface area (TPSA) is 64.9 Å². The Balaban J connectivity index is 1.94. The van der Waals surface area contributed by atoms with Crippen LogP contribution in [-0.2, 0) is 13.1 Å². The molecule has 0 fully saturated rings. The van der Waals surface area contributed by atoms with E-state index >= 15 is 0 Å². The molecule has 0 radical (unpaired) electrons. The van der Waals surface area contributed by atoms with Gasteiger partial charge in [0, 0.05) is 13.1 Å². The molecule has 0 aliphatic carbocycles. The molecular weight excluding hydrogens is 254 g/mol. The van der Waals surface area contributed by atoms with Crippen LogP contribution < -0.4 is 10.1 Å². The highest BCUT2D eigenvalue weighted by Crippen LogP contribution is 2.14. The molecule has 1 heterocycles. The van der Waals surface area contributed by atoms with Crippen molar-refractivity contribution in [1.29, 1.82) is 0 Å². The number of aryl methyl sites for hydroxylation is 1. The van der Waals surface area contributed by atoms with Gasteiger partial charge in [0.1, 0.15) is 5.75 Å². The van der Waals surface area contributed by atoms with Gasteiger partial charge in [-0.3, -0.25) is 0 Å². The number of nitrogens with zero attached hydrogens (tertiary/aromatic N) is 4. The number of anilines is 1. The minimum atomic E-state index is 0.673. The zero-order chi connectivity index (χ0) is 14.2. The second kappa shape index (κ2) is 7.47. The first kappa shape index (κ1) is 14.3. The molecule has 20 heavy (non-hydrogen) atoms. The zero-order valence-corrected chi connectivity index (χ0v) is 12.0. The summed E-state index contributed by atoms with van der Waals surface area (Å²) in [7, 11) is 0. The SMILES string of the molecule is CCCCn1nnnc1NCc1cccc(OCC)c1. The highest BCUT2D eigenvalue weighted by molar-refractivity contribution is 5.32. The molecule has 0 saturated carbocycles. The molecule has 0 bridgehead atoms. The molecule has 108 valence electrons. The predicted molar refractivity (Wildman–Crippen MR) is 77.7 cm³/mol. The standard InChI is InChI=1S/C14H21N5O/c1-3-5-9-19-14(16-17-18-19)15-11-12-7-6-8-13(10-12)20-4-2/h6-8,10H,3-5,9,11H2,1-2H3,(H,15,16,18). The molecule has 0 spiro atoms. The van der Waals surface area contributed by atoms with E-state index in [-0.39, 0.29) is 0 Å². The van der Waals surface area contributed by atoms with Gasteiger partial charge >= 0.3 is 0 Å². The highest BCUT2D eigenvalue weighted by atomic mass is 16.5. The molecule has 2 rings (SSSR count). The van der Waals surface area contributed by atoms with Gasteiger partial charge in [0.2, 0.25) is 5.95 Å². The van der Waals surface area contributed by atoms with Crippen LogP contribution in [0.4, 0.5) is 5.95 Å². The summed E-state index contributed by atoms with van der Waals surface area (Å²) in [5.74, 6) is 1.60. The number of hydrogen-bond donors (Lipinski definition) is 1. The summed E-state index contributed by atoms with van der Waals surface area (Å²) in [4.78, 5) is 0. The van der Waals surface area contributed by atoms with E-state index in [2.05, 4.69) is 33.8 Å². The number of tetrazole rings is 1. The van der Waals surface area contributed by atoms with Crippen LogP contribution in [0.2, 0.25) is 0 Å². The maximum absolute atomic E-state index is 5.49. The fourth-order valence-electron chi connectivity index (χ4n) is 1.88. The highest BCUT2D eigenvalue weighted by Gasteiger charge is 2.05. The van der Waals surface area contributed by atoms with Crippen molar-refractivity contribution < 1.29 is 4.74 Å². The third kappa shape index (κ3) is 3.94. The summed E-state index contributed by atoms with van der Waals surface area (Å²) in [6.45, 7) is 6.31. The molecule has 0 amide bonds. The molecular formula is C14H21N5O. The number of hydrogen-bond acceptors (Lipinski definition) is 5. The Labute approximate surface area is 119 Å². The normalized spacial score (nSPS) is 10.5. The van der Waals surface area contributed by atoms with Gasteiger partial charge in [0.05, 0.1) is 6.61 Å². The number of rotatable bonds is 8. The van der Waals surface area contributed by atoms with E-state index in [9.17, 15) is 0 Å². The van der Waals surface area contributed by atoms with Crippen molar-refractivity contribution in [1.82, 2.24) is 20.2 Å². The van der Waals surface area contributed by atoms with E-state index in [4.69, 9.17) is 4.74 Å². The maximum Gasteiger partial charge on any atom is 0.243 e. The van der Waals surface area contributed by atoms with E-state index in [1.807, 2.05) is 25.1 Å². The molecule has 0 atom stereocenters. The number of aromatic nitrogens is 4. The monoisotopic (exact) mass is 275 g/mol. The van der Waals surface area contributed by atoms with Crippen molar-refractivity contribution in [3.8, 4) is 5.75 Å². The lowest BCUT2D eigenvalue weighted by Gasteiger charge is -2.08. The lowest BCUT2D eigenvalue weighted by Crippen LogP contribution is -2.09. The van der Waals surface area contributed by atoms with Gasteiger partial charge in [-0.2, -0.15) is 0 Å². The molecule has 0 aliphatic heterocycles. The van der Waals surface area contributed by atoms with Crippen LogP contribution in [0.5, 0.6) is 5.75 Å². The number of benzene rings is 1. The molecule has 0 unspecified atom stereocenters. The van der Waals surface area contributed by atoms with Crippen molar-refractivity contribution >= 4 is 5.95 Å². The van der Waals surface area contributed by atoms with Crippen LogP contribution in [-0.4, -0.2) is 26.8 Å². The van der Waals surface area contributed by atoms with Crippen LogP contribution in [0.25, 0.3) is 0 Å². The summed E-state index contributed by atoms with van der Waals surface area (Å²) in [6.07, 6.45) is 2.19. The van der Waals surface area contributed by atoms with Gasteiger partial charge in [-0.15, -0.1) is 0 Å². The Morgan fingerprint density at radius 3 is 3.00 bits per heavy atom. The van der Waals surface area contributed by atoms with Gasteiger partial charge in [-0.25, -0.2) is 4.68 Å². The molecule has 0 saturated heterocycles. The minimum Gasteiger partial charge on any atom is -0.494 e. The summed E-state index contributed by atoms with van der Waals surface area (Å²) in [6, 6.07) is 8.02. The molecule has 6 heteroatoms. The lowest BCUT2D eigenvalue weighted by molar-refractivity contribution is 0.340. The van der Waals surface area contributed by atoms with Crippen molar-refractivity contribution in [3.05, 3.63) is 29.8 Å². The van der Waals surface area contributed by atoms with Crippen LogP contribution in [0.1, 0.15) is 32.3 Å². The average molecular weight is 275 g/mol. The maximum atomic E-state index is 5.49. The molecule has 1 N–H and O–H groups in total. The van der Waals surface area contributed by atoms with Gasteiger partial charge in [-0.05, 0) is 41.5 Å². The minimum absolute atomic E-state index is 0.673. The Kier molecular flexibility index (Phi) is 5.34. The van der Waals surface area contributed by atoms with Gasteiger partial charge < -0.3 is 10.1 Å².